The smallest absolute Gasteiger partial charge is 0.255 e. The van der Waals surface area contributed by atoms with Gasteiger partial charge in [0.15, 0.2) is 0 Å². The van der Waals surface area contributed by atoms with E-state index in [1.54, 1.807) is 0 Å². The zero-order valence-corrected chi connectivity index (χ0v) is 18.7. The highest BCUT2D eigenvalue weighted by molar-refractivity contribution is 5.73. The number of benzene rings is 2. The predicted octanol–water partition coefficient (Wildman–Crippen LogP) is 4.88. The summed E-state index contributed by atoms with van der Waals surface area (Å²) in [6.07, 6.45) is 0.926. The Morgan fingerprint density at radius 2 is 1.91 bits per heavy atom. The molecule has 2 aromatic rings. The van der Waals surface area contributed by atoms with Crippen molar-refractivity contribution in [1.29, 1.82) is 0 Å². The molecule has 1 amide bonds. The molecule has 3 unspecified atom stereocenters. The second-order valence-corrected chi connectivity index (χ2v) is 8.89. The summed E-state index contributed by atoms with van der Waals surface area (Å²) in [4.78, 5) is 13.5. The molecule has 1 saturated heterocycles. The van der Waals surface area contributed by atoms with E-state index in [0.29, 0.717) is 5.75 Å². The van der Waals surface area contributed by atoms with E-state index >= 15 is 0 Å². The molecule has 2 aromatic carbocycles. The Labute approximate surface area is 187 Å². The molecule has 1 N–H and O–H groups in total. The fourth-order valence-electron chi connectivity index (χ4n) is 4.18. The van der Waals surface area contributed by atoms with E-state index in [2.05, 4.69) is 10.2 Å². The first-order valence-electron chi connectivity index (χ1n) is 11.1. The summed E-state index contributed by atoms with van der Waals surface area (Å²) in [5.74, 6) is -1.81. The molecule has 0 bridgehead atoms. The highest BCUT2D eigenvalue weighted by Gasteiger charge is 2.57. The van der Waals surface area contributed by atoms with Gasteiger partial charge in [0.1, 0.15) is 17.6 Å². The van der Waals surface area contributed by atoms with Gasteiger partial charge in [0.25, 0.3) is 5.92 Å². The van der Waals surface area contributed by atoms with Crippen LogP contribution in [-0.4, -0.2) is 37.6 Å². The first-order chi connectivity index (χ1) is 15.2. The molecule has 4 rings (SSSR count). The predicted molar refractivity (Wildman–Crippen MR) is 120 cm³/mol. The molecule has 2 fully saturated rings. The molecule has 0 radical (unpaired) electrons. The van der Waals surface area contributed by atoms with Gasteiger partial charge < -0.3 is 19.7 Å². The van der Waals surface area contributed by atoms with Crippen molar-refractivity contribution in [1.82, 2.24) is 5.32 Å². The van der Waals surface area contributed by atoms with E-state index in [0.717, 1.165) is 42.1 Å². The monoisotopic (exact) mass is 444 g/mol. The van der Waals surface area contributed by atoms with Crippen molar-refractivity contribution in [3.63, 3.8) is 0 Å². The van der Waals surface area contributed by atoms with Crippen LogP contribution in [0.4, 0.5) is 14.5 Å². The molecule has 1 saturated carbocycles. The second kappa shape index (κ2) is 8.96. The van der Waals surface area contributed by atoms with Gasteiger partial charge in [-0.3, -0.25) is 4.79 Å². The fourth-order valence-corrected chi connectivity index (χ4v) is 4.18. The van der Waals surface area contributed by atoms with E-state index in [-0.39, 0.29) is 31.1 Å². The van der Waals surface area contributed by atoms with Gasteiger partial charge in [-0.15, -0.1) is 0 Å². The lowest BCUT2D eigenvalue weighted by Crippen LogP contribution is -2.25. The fraction of sp³-hybridized carbons (Fsp3) is 0.480. The molecular weight excluding hydrogens is 414 g/mol. The van der Waals surface area contributed by atoms with Crippen molar-refractivity contribution in [2.75, 3.05) is 24.6 Å². The highest BCUT2D eigenvalue weighted by atomic mass is 19.3. The lowest BCUT2D eigenvalue weighted by atomic mass is 10.1. The Balaban J connectivity index is 1.30. The van der Waals surface area contributed by atoms with Crippen molar-refractivity contribution in [3.8, 4) is 11.5 Å². The number of rotatable bonds is 8. The quantitative estimate of drug-likeness (QED) is 0.630. The minimum absolute atomic E-state index is 0.0424. The summed E-state index contributed by atoms with van der Waals surface area (Å²) in [5, 5.41) is 2.88. The van der Waals surface area contributed by atoms with Gasteiger partial charge in [0.2, 0.25) is 5.91 Å². The van der Waals surface area contributed by atoms with E-state index < -0.39 is 11.8 Å². The van der Waals surface area contributed by atoms with Crippen LogP contribution < -0.4 is 19.7 Å². The van der Waals surface area contributed by atoms with Crippen LogP contribution >= 0.6 is 0 Å². The maximum absolute atomic E-state index is 13.0. The van der Waals surface area contributed by atoms with Gasteiger partial charge in [-0.1, -0.05) is 12.1 Å². The van der Waals surface area contributed by atoms with Gasteiger partial charge in [-0.25, -0.2) is 8.78 Å². The first kappa shape index (κ1) is 22.4. The third-order valence-electron chi connectivity index (χ3n) is 6.16. The molecule has 172 valence electrons. The third kappa shape index (κ3) is 5.31. The minimum atomic E-state index is -2.55. The third-order valence-corrected chi connectivity index (χ3v) is 6.16. The lowest BCUT2D eigenvalue weighted by molar-refractivity contribution is -0.119. The molecule has 2 aliphatic rings. The summed E-state index contributed by atoms with van der Waals surface area (Å²) < 4.78 is 37.8. The number of anilines is 1. The van der Waals surface area contributed by atoms with Crippen LogP contribution in [0.25, 0.3) is 0 Å². The first-order valence-corrected chi connectivity index (χ1v) is 11.1. The van der Waals surface area contributed by atoms with Crippen molar-refractivity contribution in [3.05, 3.63) is 53.6 Å². The van der Waals surface area contributed by atoms with Crippen molar-refractivity contribution < 1.29 is 23.0 Å². The molecular formula is C25H30F2N2O3. The average molecular weight is 445 g/mol. The minimum Gasteiger partial charge on any atom is -0.493 e. The number of aryl methyl sites for hydroxylation is 1. The molecule has 1 aliphatic heterocycles. The van der Waals surface area contributed by atoms with Crippen LogP contribution in [0.15, 0.2) is 42.5 Å². The van der Waals surface area contributed by atoms with Crippen LogP contribution in [0.1, 0.15) is 43.9 Å². The van der Waals surface area contributed by atoms with E-state index in [4.69, 9.17) is 9.47 Å². The van der Waals surface area contributed by atoms with Crippen molar-refractivity contribution in [2.45, 2.75) is 51.7 Å². The molecule has 0 aromatic heterocycles. The summed E-state index contributed by atoms with van der Waals surface area (Å²) in [7, 11) is 0. The average Bonchev–Trinajstić information content (AvgIpc) is 3.11. The van der Waals surface area contributed by atoms with Crippen LogP contribution in [0.5, 0.6) is 11.5 Å². The normalized spacial score (nSPS) is 22.3. The Bertz CT molecular complexity index is 964. The van der Waals surface area contributed by atoms with Gasteiger partial charge in [-0.05, 0) is 55.3 Å². The number of nitrogens with one attached hydrogen (secondary N) is 1. The molecule has 7 heteroatoms. The summed E-state index contributed by atoms with van der Waals surface area (Å²) in [6, 6.07) is 13.6. The highest BCUT2D eigenvalue weighted by Crippen LogP contribution is 2.48. The maximum atomic E-state index is 13.0. The van der Waals surface area contributed by atoms with Gasteiger partial charge in [0.05, 0.1) is 25.1 Å². The number of amides is 1. The van der Waals surface area contributed by atoms with Gasteiger partial charge in [-0.2, -0.15) is 0 Å². The molecule has 3 atom stereocenters. The van der Waals surface area contributed by atoms with Gasteiger partial charge in [0, 0.05) is 32.0 Å². The van der Waals surface area contributed by atoms with Crippen LogP contribution in [0.2, 0.25) is 0 Å². The largest absolute Gasteiger partial charge is 0.493 e. The number of carbonyl (C=O) groups excluding carboxylic acids is 1. The van der Waals surface area contributed by atoms with E-state index in [1.165, 1.54) is 6.92 Å². The summed E-state index contributed by atoms with van der Waals surface area (Å²) >= 11 is 0. The van der Waals surface area contributed by atoms with Gasteiger partial charge >= 0.3 is 0 Å². The number of halogens is 2. The van der Waals surface area contributed by atoms with Crippen LogP contribution in [-0.2, 0) is 4.79 Å². The number of nitrogens with zero attached hydrogens (tertiary/aromatic N) is 1. The molecule has 1 heterocycles. The zero-order valence-electron chi connectivity index (χ0n) is 18.7. The van der Waals surface area contributed by atoms with Crippen molar-refractivity contribution >= 4 is 11.6 Å². The number of alkyl halides is 2. The molecule has 1 aliphatic carbocycles. The molecule has 0 spiro atoms. The standard InChI is InChI=1S/C25H30F2N2O3/c1-16-12-22(31-15-20-13-25(20,26)27)8-9-24(16)29-11-10-23(14-29)32-21-6-4-19(5-7-21)17(2)28-18(3)30/h4-9,12,17,20,23H,10-11,13-15H2,1-3H3,(H,28,30). The van der Waals surface area contributed by atoms with Crippen LogP contribution in [0, 0.1) is 12.8 Å². The Morgan fingerprint density at radius 1 is 1.22 bits per heavy atom. The Kier molecular flexibility index (Phi) is 6.26. The number of hydrogen-bond donors (Lipinski definition) is 1. The van der Waals surface area contributed by atoms with Crippen LogP contribution in [0.3, 0.4) is 0 Å². The maximum Gasteiger partial charge on any atom is 0.255 e. The SMILES string of the molecule is CC(=O)NC(C)c1ccc(OC2CCN(c3ccc(OCC4CC4(F)F)cc3C)C2)cc1. The second-order valence-electron chi connectivity index (χ2n) is 8.89. The van der Waals surface area contributed by atoms with E-state index in [1.807, 2.05) is 56.3 Å². The number of carbonyl (C=O) groups is 1. The molecule has 5 nitrogen and oxygen atoms in total. The summed E-state index contributed by atoms with van der Waals surface area (Å²) in [5.41, 5.74) is 3.20. The number of hydrogen-bond acceptors (Lipinski definition) is 4. The topological polar surface area (TPSA) is 50.8 Å². The van der Waals surface area contributed by atoms with Crippen molar-refractivity contribution in [2.24, 2.45) is 5.92 Å². The zero-order chi connectivity index (χ0) is 22.9. The Morgan fingerprint density at radius 3 is 2.53 bits per heavy atom. The number of ether oxygens (including phenoxy) is 2. The summed E-state index contributed by atoms with van der Waals surface area (Å²) in [6.45, 7) is 7.20. The Hall–Kier alpha value is -2.83. The lowest BCUT2D eigenvalue weighted by Gasteiger charge is -2.22. The molecule has 32 heavy (non-hydrogen) atoms. The van der Waals surface area contributed by atoms with E-state index in [9.17, 15) is 13.6 Å².